The van der Waals surface area contributed by atoms with E-state index >= 15 is 0 Å². The lowest BCUT2D eigenvalue weighted by Gasteiger charge is -2.19. The van der Waals surface area contributed by atoms with Crippen LogP contribution in [0.4, 0.5) is 0 Å². The van der Waals surface area contributed by atoms with Crippen molar-refractivity contribution in [3.63, 3.8) is 0 Å². The monoisotopic (exact) mass is 343 g/mol. The molecule has 0 radical (unpaired) electrons. The smallest absolute Gasteiger partial charge is 0.340 e. The van der Waals surface area contributed by atoms with Crippen LogP contribution in [0.15, 0.2) is 24.3 Å². The average Bonchev–Trinajstić information content (AvgIpc) is 2.59. The van der Waals surface area contributed by atoms with E-state index in [0.717, 1.165) is 22.9 Å². The van der Waals surface area contributed by atoms with Crippen molar-refractivity contribution in [2.24, 2.45) is 0 Å². The number of aryl methyl sites for hydroxylation is 1. The maximum Gasteiger partial charge on any atom is 0.340 e. The fraction of sp³-hybridized carbons (Fsp3) is 0.421. The minimum Gasteiger partial charge on any atom is -0.465 e. The number of hydrogen-bond acceptors (Lipinski definition) is 5. The molecule has 0 spiro atoms. The minimum atomic E-state index is -0.408. The van der Waals surface area contributed by atoms with Gasteiger partial charge in [0.25, 0.3) is 0 Å². The number of carbonyl (C=O) groups excluding carboxylic acids is 2. The van der Waals surface area contributed by atoms with E-state index in [1.807, 2.05) is 50.1 Å². The summed E-state index contributed by atoms with van der Waals surface area (Å²) in [5, 5.41) is 3.77. The van der Waals surface area contributed by atoms with Crippen LogP contribution in [-0.4, -0.2) is 49.0 Å². The number of para-hydroxylation sites is 1. The number of methoxy groups -OCH3 is 1. The summed E-state index contributed by atoms with van der Waals surface area (Å²) in [6.45, 7) is 5.19. The molecule has 0 saturated carbocycles. The molecule has 0 bridgehead atoms. The SMILES string of the molecule is CCCNC(=O)CN(C)Cc1nc2ccccc2c(C)c1C(=O)OC. The Morgan fingerprint density at radius 1 is 1.28 bits per heavy atom. The highest BCUT2D eigenvalue weighted by atomic mass is 16.5. The third kappa shape index (κ3) is 4.54. The van der Waals surface area contributed by atoms with Gasteiger partial charge in [0.1, 0.15) is 0 Å². The van der Waals surface area contributed by atoms with Crippen LogP contribution in [0.5, 0.6) is 0 Å². The number of rotatable bonds is 7. The van der Waals surface area contributed by atoms with Crippen molar-refractivity contribution < 1.29 is 14.3 Å². The molecule has 6 nitrogen and oxygen atoms in total. The first kappa shape index (κ1) is 18.9. The highest BCUT2D eigenvalue weighted by Crippen LogP contribution is 2.24. The molecule has 1 heterocycles. The summed E-state index contributed by atoms with van der Waals surface area (Å²) < 4.78 is 4.95. The number of fused-ring (bicyclic) bond motifs is 1. The van der Waals surface area contributed by atoms with E-state index in [1.54, 1.807) is 0 Å². The molecule has 1 N–H and O–H groups in total. The molecule has 2 rings (SSSR count). The molecule has 25 heavy (non-hydrogen) atoms. The van der Waals surface area contributed by atoms with Gasteiger partial charge in [-0.25, -0.2) is 4.79 Å². The van der Waals surface area contributed by atoms with Crippen LogP contribution < -0.4 is 5.32 Å². The molecule has 2 aromatic rings. The van der Waals surface area contributed by atoms with Crippen molar-refractivity contribution in [1.82, 2.24) is 15.2 Å². The largest absolute Gasteiger partial charge is 0.465 e. The van der Waals surface area contributed by atoms with E-state index < -0.39 is 5.97 Å². The van der Waals surface area contributed by atoms with Crippen LogP contribution >= 0.6 is 0 Å². The number of carbonyl (C=O) groups is 2. The normalized spacial score (nSPS) is 10.9. The molecule has 6 heteroatoms. The first-order valence-electron chi connectivity index (χ1n) is 8.39. The second kappa shape index (κ2) is 8.58. The van der Waals surface area contributed by atoms with Crippen LogP contribution in [0.25, 0.3) is 10.9 Å². The van der Waals surface area contributed by atoms with Crippen LogP contribution in [0.3, 0.4) is 0 Å². The Labute approximate surface area is 148 Å². The van der Waals surface area contributed by atoms with Crippen molar-refractivity contribution >= 4 is 22.8 Å². The van der Waals surface area contributed by atoms with Crippen LogP contribution in [0, 0.1) is 6.92 Å². The van der Waals surface area contributed by atoms with Crippen LogP contribution in [0.2, 0.25) is 0 Å². The number of pyridine rings is 1. The fourth-order valence-corrected chi connectivity index (χ4v) is 2.81. The Bertz CT molecular complexity index is 774. The van der Waals surface area contributed by atoms with Gasteiger partial charge < -0.3 is 10.1 Å². The minimum absolute atomic E-state index is 0.0403. The van der Waals surface area contributed by atoms with Gasteiger partial charge in [-0.05, 0) is 32.0 Å². The maximum atomic E-state index is 12.3. The first-order chi connectivity index (χ1) is 12.0. The van der Waals surface area contributed by atoms with E-state index in [2.05, 4.69) is 10.3 Å². The summed E-state index contributed by atoms with van der Waals surface area (Å²) in [4.78, 5) is 30.7. The summed E-state index contributed by atoms with van der Waals surface area (Å²) in [6.07, 6.45) is 0.896. The Morgan fingerprint density at radius 2 is 2.00 bits per heavy atom. The summed E-state index contributed by atoms with van der Waals surface area (Å²) in [5.74, 6) is -0.448. The zero-order chi connectivity index (χ0) is 18.4. The van der Waals surface area contributed by atoms with Crippen molar-refractivity contribution in [3.8, 4) is 0 Å². The number of esters is 1. The van der Waals surface area contributed by atoms with Crippen molar-refractivity contribution in [1.29, 1.82) is 0 Å². The Hall–Kier alpha value is -2.47. The van der Waals surface area contributed by atoms with E-state index in [-0.39, 0.29) is 12.5 Å². The summed E-state index contributed by atoms with van der Waals surface area (Å²) >= 11 is 0. The molecule has 0 saturated heterocycles. The standard InChI is InChI=1S/C19H25N3O3/c1-5-10-20-17(23)12-22(3)11-16-18(19(24)25-4)13(2)14-8-6-7-9-15(14)21-16/h6-9H,5,10-12H2,1-4H3,(H,20,23). The van der Waals surface area contributed by atoms with E-state index in [9.17, 15) is 9.59 Å². The third-order valence-corrected chi connectivity index (χ3v) is 4.02. The van der Waals surface area contributed by atoms with Crippen molar-refractivity contribution in [2.45, 2.75) is 26.8 Å². The van der Waals surface area contributed by atoms with Gasteiger partial charge in [0, 0.05) is 18.5 Å². The fourth-order valence-electron chi connectivity index (χ4n) is 2.81. The lowest BCUT2D eigenvalue weighted by Crippen LogP contribution is -2.35. The topological polar surface area (TPSA) is 71.5 Å². The number of likely N-dealkylation sites (N-methyl/N-ethyl adjacent to an activating group) is 1. The molecule has 1 amide bonds. The van der Waals surface area contributed by atoms with Crippen molar-refractivity contribution in [2.75, 3.05) is 27.2 Å². The Kier molecular flexibility index (Phi) is 6.47. The second-order valence-electron chi connectivity index (χ2n) is 6.09. The molecule has 0 aliphatic heterocycles. The number of aromatic nitrogens is 1. The zero-order valence-corrected chi connectivity index (χ0v) is 15.3. The zero-order valence-electron chi connectivity index (χ0n) is 15.3. The van der Waals surface area contributed by atoms with Crippen LogP contribution in [-0.2, 0) is 16.1 Å². The number of nitrogens with zero attached hydrogens (tertiary/aromatic N) is 2. The average molecular weight is 343 g/mol. The lowest BCUT2D eigenvalue weighted by molar-refractivity contribution is -0.122. The molecule has 0 fully saturated rings. The van der Waals surface area contributed by atoms with Crippen LogP contribution in [0.1, 0.15) is 35.0 Å². The van der Waals surface area contributed by atoms with Gasteiger partial charge in [-0.1, -0.05) is 25.1 Å². The Balaban J connectivity index is 2.32. The second-order valence-corrected chi connectivity index (χ2v) is 6.09. The highest BCUT2D eigenvalue weighted by molar-refractivity contribution is 5.98. The van der Waals surface area contributed by atoms with Gasteiger partial charge in [-0.2, -0.15) is 0 Å². The molecule has 0 unspecified atom stereocenters. The molecular weight excluding hydrogens is 318 g/mol. The molecule has 134 valence electrons. The summed E-state index contributed by atoms with van der Waals surface area (Å²) in [6, 6.07) is 7.69. The van der Waals surface area contributed by atoms with Gasteiger partial charge in [0.2, 0.25) is 5.91 Å². The number of amides is 1. The van der Waals surface area contributed by atoms with Gasteiger partial charge in [-0.3, -0.25) is 14.7 Å². The molecule has 0 atom stereocenters. The molecule has 1 aromatic heterocycles. The number of hydrogen-bond donors (Lipinski definition) is 1. The van der Waals surface area contributed by atoms with Crippen molar-refractivity contribution in [3.05, 3.63) is 41.1 Å². The lowest BCUT2D eigenvalue weighted by atomic mass is 10.0. The molecular formula is C19H25N3O3. The maximum absolute atomic E-state index is 12.3. The summed E-state index contributed by atoms with van der Waals surface area (Å²) in [7, 11) is 3.20. The van der Waals surface area contributed by atoms with Gasteiger partial charge in [-0.15, -0.1) is 0 Å². The highest BCUT2D eigenvalue weighted by Gasteiger charge is 2.20. The van der Waals surface area contributed by atoms with E-state index in [1.165, 1.54) is 7.11 Å². The number of benzene rings is 1. The number of nitrogens with one attached hydrogen (secondary N) is 1. The third-order valence-electron chi connectivity index (χ3n) is 4.02. The quantitative estimate of drug-likeness (QED) is 0.781. The predicted octanol–water partition coefficient (Wildman–Crippen LogP) is 2.29. The van der Waals surface area contributed by atoms with Gasteiger partial charge >= 0.3 is 5.97 Å². The van der Waals surface area contributed by atoms with E-state index in [4.69, 9.17) is 4.74 Å². The first-order valence-corrected chi connectivity index (χ1v) is 8.39. The summed E-state index contributed by atoms with van der Waals surface area (Å²) in [5.41, 5.74) is 2.76. The number of ether oxygens (including phenoxy) is 1. The Morgan fingerprint density at radius 3 is 2.68 bits per heavy atom. The van der Waals surface area contributed by atoms with Gasteiger partial charge in [0.05, 0.1) is 30.4 Å². The van der Waals surface area contributed by atoms with E-state index in [0.29, 0.717) is 24.3 Å². The van der Waals surface area contributed by atoms with Gasteiger partial charge in [0.15, 0.2) is 0 Å². The predicted molar refractivity (Wildman–Crippen MR) is 97.5 cm³/mol. The molecule has 1 aromatic carbocycles. The molecule has 0 aliphatic rings. The molecule has 0 aliphatic carbocycles.